The lowest BCUT2D eigenvalue weighted by atomic mass is 9.68. The van der Waals surface area contributed by atoms with Crippen LogP contribution in [0.5, 0.6) is 0 Å². The molecule has 0 saturated heterocycles. The van der Waals surface area contributed by atoms with E-state index in [0.717, 1.165) is 47.4 Å². The molecule has 1 aromatic carbocycles. The average Bonchev–Trinajstić information content (AvgIpc) is 3.20. The quantitative estimate of drug-likeness (QED) is 0.403. The number of rotatable bonds is 5. The number of allylic oxidation sites excluding steroid dienone is 3. The summed E-state index contributed by atoms with van der Waals surface area (Å²) in [7, 11) is 0. The molecule has 1 unspecified atom stereocenters. The molecule has 1 aromatic heterocycles. The molecule has 1 atom stereocenters. The van der Waals surface area contributed by atoms with Gasteiger partial charge >= 0.3 is 5.97 Å². The Morgan fingerprint density at radius 2 is 1.97 bits per heavy atom. The van der Waals surface area contributed by atoms with Crippen LogP contribution in [-0.4, -0.2) is 24.3 Å². The number of aryl methyl sites for hydroxylation is 1. The Bertz CT molecular complexity index is 1400. The highest BCUT2D eigenvalue weighted by Crippen LogP contribution is 2.47. The van der Waals surface area contributed by atoms with Crippen LogP contribution >= 0.6 is 22.9 Å². The topological polar surface area (TPSA) is 84.5 Å². The number of amides is 1. The van der Waals surface area contributed by atoms with Crippen molar-refractivity contribution >= 4 is 45.6 Å². The SMILES string of the molecule is CCOC(=O)c1c(NC(=O)C2=C(C)NC3=C(C(=O)CC(C)(C)C3)C2c2cccc(Cl)c2)sc2c1CCCC2. The first-order chi connectivity index (χ1) is 18.1. The van der Waals surface area contributed by atoms with E-state index in [1.165, 1.54) is 11.3 Å². The molecule has 200 valence electrons. The Morgan fingerprint density at radius 3 is 2.71 bits per heavy atom. The Morgan fingerprint density at radius 1 is 1.21 bits per heavy atom. The van der Waals surface area contributed by atoms with E-state index in [2.05, 4.69) is 24.5 Å². The van der Waals surface area contributed by atoms with Crippen LogP contribution in [0.3, 0.4) is 0 Å². The van der Waals surface area contributed by atoms with Crippen molar-refractivity contribution in [3.8, 4) is 0 Å². The van der Waals surface area contributed by atoms with E-state index in [9.17, 15) is 14.4 Å². The molecule has 1 aliphatic heterocycles. The number of carbonyl (C=O) groups is 3. The van der Waals surface area contributed by atoms with Crippen molar-refractivity contribution in [3.05, 3.63) is 73.4 Å². The van der Waals surface area contributed by atoms with Crippen LogP contribution < -0.4 is 10.6 Å². The highest BCUT2D eigenvalue weighted by molar-refractivity contribution is 7.17. The zero-order valence-electron chi connectivity index (χ0n) is 22.3. The van der Waals surface area contributed by atoms with Crippen molar-refractivity contribution in [2.45, 2.75) is 72.1 Å². The molecular formula is C30H33ClN2O4S. The molecule has 2 heterocycles. The highest BCUT2D eigenvalue weighted by Gasteiger charge is 2.43. The molecular weight excluding hydrogens is 520 g/mol. The number of Topliss-reactive ketones (excluding diaryl/α,β-unsaturated/α-hetero) is 1. The number of hydrogen-bond donors (Lipinski definition) is 2. The van der Waals surface area contributed by atoms with E-state index in [1.807, 2.05) is 25.1 Å². The van der Waals surface area contributed by atoms with E-state index in [4.69, 9.17) is 16.3 Å². The van der Waals surface area contributed by atoms with Gasteiger partial charge in [0.05, 0.1) is 12.2 Å². The van der Waals surface area contributed by atoms with Gasteiger partial charge in [0.1, 0.15) is 5.00 Å². The number of nitrogens with one attached hydrogen (secondary N) is 2. The maximum atomic E-state index is 14.1. The summed E-state index contributed by atoms with van der Waals surface area (Å²) in [4.78, 5) is 41.7. The molecule has 0 saturated carbocycles. The molecule has 6 nitrogen and oxygen atoms in total. The molecule has 8 heteroatoms. The van der Waals surface area contributed by atoms with E-state index in [-0.39, 0.29) is 23.7 Å². The predicted octanol–water partition coefficient (Wildman–Crippen LogP) is 6.70. The molecule has 0 fully saturated rings. The number of thiophene rings is 1. The smallest absolute Gasteiger partial charge is 0.341 e. The van der Waals surface area contributed by atoms with E-state index < -0.39 is 11.9 Å². The third kappa shape index (κ3) is 4.94. The number of halogens is 1. The van der Waals surface area contributed by atoms with Gasteiger partial charge in [0.25, 0.3) is 5.91 Å². The van der Waals surface area contributed by atoms with Crippen molar-refractivity contribution in [1.29, 1.82) is 0 Å². The van der Waals surface area contributed by atoms with Gasteiger partial charge in [0, 0.05) is 44.8 Å². The molecule has 2 aliphatic carbocycles. The molecule has 2 aromatic rings. The predicted molar refractivity (Wildman–Crippen MR) is 151 cm³/mol. The lowest BCUT2D eigenvalue weighted by Crippen LogP contribution is -2.39. The minimum atomic E-state index is -0.561. The van der Waals surface area contributed by atoms with Gasteiger partial charge in [-0.15, -0.1) is 11.3 Å². The van der Waals surface area contributed by atoms with Crippen LogP contribution in [-0.2, 0) is 27.2 Å². The molecule has 38 heavy (non-hydrogen) atoms. The molecule has 1 amide bonds. The van der Waals surface area contributed by atoms with Crippen molar-refractivity contribution in [3.63, 3.8) is 0 Å². The Kier molecular flexibility index (Phi) is 7.27. The largest absolute Gasteiger partial charge is 0.462 e. The zero-order chi connectivity index (χ0) is 27.2. The van der Waals surface area contributed by atoms with Gasteiger partial charge < -0.3 is 15.4 Å². The van der Waals surface area contributed by atoms with Crippen LogP contribution in [0.15, 0.2) is 46.8 Å². The first-order valence-electron chi connectivity index (χ1n) is 13.2. The second-order valence-electron chi connectivity index (χ2n) is 11.1. The number of benzene rings is 1. The van der Waals surface area contributed by atoms with E-state index >= 15 is 0 Å². The molecule has 5 rings (SSSR count). The molecule has 0 radical (unpaired) electrons. The van der Waals surface area contributed by atoms with Crippen molar-refractivity contribution in [2.75, 3.05) is 11.9 Å². The fourth-order valence-electron chi connectivity index (χ4n) is 6.00. The minimum absolute atomic E-state index is 0.0327. The summed E-state index contributed by atoms with van der Waals surface area (Å²) >= 11 is 7.83. The first-order valence-corrected chi connectivity index (χ1v) is 14.4. The van der Waals surface area contributed by atoms with Crippen LogP contribution in [0.1, 0.15) is 85.7 Å². The monoisotopic (exact) mass is 552 g/mol. The fourth-order valence-corrected chi connectivity index (χ4v) is 7.47. The lowest BCUT2D eigenvalue weighted by Gasteiger charge is -2.39. The summed E-state index contributed by atoms with van der Waals surface area (Å²) in [5.74, 6) is -1.27. The molecule has 0 bridgehead atoms. The first kappa shape index (κ1) is 26.7. The number of ketones is 1. The van der Waals surface area contributed by atoms with Gasteiger partial charge in [-0.05, 0) is 74.6 Å². The Hall–Kier alpha value is -2.90. The second-order valence-corrected chi connectivity index (χ2v) is 12.6. The number of dihydropyridines is 1. The summed E-state index contributed by atoms with van der Waals surface area (Å²) in [6, 6.07) is 7.36. The minimum Gasteiger partial charge on any atom is -0.462 e. The summed E-state index contributed by atoms with van der Waals surface area (Å²) in [6.45, 7) is 8.08. The number of carbonyl (C=O) groups excluding carboxylic acids is 3. The third-order valence-electron chi connectivity index (χ3n) is 7.54. The van der Waals surface area contributed by atoms with Crippen LogP contribution in [0.2, 0.25) is 5.02 Å². The maximum Gasteiger partial charge on any atom is 0.341 e. The number of hydrogen-bond acceptors (Lipinski definition) is 6. The molecule has 2 N–H and O–H groups in total. The van der Waals surface area contributed by atoms with E-state index in [1.54, 1.807) is 13.0 Å². The number of fused-ring (bicyclic) bond motifs is 1. The van der Waals surface area contributed by atoms with Crippen LogP contribution in [0.25, 0.3) is 0 Å². The number of ether oxygens (including phenoxy) is 1. The highest BCUT2D eigenvalue weighted by atomic mass is 35.5. The van der Waals surface area contributed by atoms with Gasteiger partial charge in [-0.2, -0.15) is 0 Å². The van der Waals surface area contributed by atoms with Crippen LogP contribution in [0, 0.1) is 5.41 Å². The Labute approximate surface area is 232 Å². The van der Waals surface area contributed by atoms with Crippen LogP contribution in [0.4, 0.5) is 5.00 Å². The van der Waals surface area contributed by atoms with Gasteiger partial charge in [-0.1, -0.05) is 37.6 Å². The van der Waals surface area contributed by atoms with Gasteiger partial charge in [0.15, 0.2) is 5.78 Å². The summed E-state index contributed by atoms with van der Waals surface area (Å²) < 4.78 is 5.37. The van der Waals surface area contributed by atoms with Crippen molar-refractivity contribution < 1.29 is 19.1 Å². The molecule has 0 spiro atoms. The third-order valence-corrected chi connectivity index (χ3v) is 8.99. The summed E-state index contributed by atoms with van der Waals surface area (Å²) in [5.41, 5.74) is 4.71. The lowest BCUT2D eigenvalue weighted by molar-refractivity contribution is -0.118. The number of anilines is 1. The van der Waals surface area contributed by atoms with Crippen molar-refractivity contribution in [2.24, 2.45) is 5.41 Å². The van der Waals surface area contributed by atoms with Gasteiger partial charge in [-0.3, -0.25) is 9.59 Å². The normalized spacial score (nSPS) is 20.4. The zero-order valence-corrected chi connectivity index (χ0v) is 23.8. The van der Waals surface area contributed by atoms with E-state index in [0.29, 0.717) is 45.3 Å². The van der Waals surface area contributed by atoms with Gasteiger partial charge in [-0.25, -0.2) is 4.79 Å². The second kappa shape index (κ2) is 10.3. The molecule has 3 aliphatic rings. The average molecular weight is 553 g/mol. The maximum absolute atomic E-state index is 14.1. The standard InChI is InChI=1S/C30H33ClN2O4S/c1-5-37-29(36)25-19-11-6-7-12-22(19)38-28(25)33-27(35)23-16(2)32-20-14-30(3,4)15-21(34)26(20)24(23)17-9-8-10-18(31)13-17/h8-10,13,24,32H,5-7,11-12,14-15H2,1-4H3,(H,33,35). The number of esters is 1. The summed E-state index contributed by atoms with van der Waals surface area (Å²) in [6.07, 6.45) is 4.86. The fraction of sp³-hybridized carbons (Fsp3) is 0.433. The Balaban J connectivity index is 1.58. The summed E-state index contributed by atoms with van der Waals surface area (Å²) in [5, 5.41) is 7.52. The van der Waals surface area contributed by atoms with Crippen molar-refractivity contribution in [1.82, 2.24) is 5.32 Å². The van der Waals surface area contributed by atoms with Gasteiger partial charge in [0.2, 0.25) is 0 Å².